The molecule has 1 heterocycles. The van der Waals surface area contributed by atoms with Crippen molar-refractivity contribution in [3.63, 3.8) is 0 Å². The first-order valence-corrected chi connectivity index (χ1v) is 7.76. The van der Waals surface area contributed by atoms with Crippen molar-refractivity contribution in [3.8, 4) is 0 Å². The van der Waals surface area contributed by atoms with Gasteiger partial charge < -0.3 is 14.9 Å². The number of fused-ring (bicyclic) bond motifs is 1. The van der Waals surface area contributed by atoms with E-state index in [9.17, 15) is 15.0 Å². The van der Waals surface area contributed by atoms with Gasteiger partial charge in [-0.25, -0.2) is 4.79 Å². The normalized spacial score (nSPS) is 47.9. The number of hydrogen-bond donors (Lipinski definition) is 2. The Bertz CT molecular complexity index is 427. The molecule has 0 aromatic carbocycles. The summed E-state index contributed by atoms with van der Waals surface area (Å²) in [7, 11) is 0. The smallest absolute Gasteiger partial charge is 0.338 e. The molecule has 1 saturated heterocycles. The van der Waals surface area contributed by atoms with E-state index in [1.54, 1.807) is 0 Å². The van der Waals surface area contributed by atoms with Gasteiger partial charge in [0.15, 0.2) is 5.60 Å². The van der Waals surface area contributed by atoms with Crippen LogP contribution in [-0.2, 0) is 9.53 Å². The molecule has 0 aromatic rings. The number of hydrogen-bond acceptors (Lipinski definition) is 3. The summed E-state index contributed by atoms with van der Waals surface area (Å²) in [6.07, 6.45) is 3.65. The maximum absolute atomic E-state index is 11.5. The maximum atomic E-state index is 11.5. The van der Waals surface area contributed by atoms with E-state index in [1.807, 2.05) is 0 Å². The minimum Gasteiger partial charge on any atom is -0.479 e. The molecule has 4 nitrogen and oxygen atoms in total. The number of aliphatic hydroxyl groups is 1. The zero-order valence-electron chi connectivity index (χ0n) is 12.7. The van der Waals surface area contributed by atoms with Crippen LogP contribution in [0.1, 0.15) is 52.9 Å². The molecular weight excluding hydrogens is 256 g/mol. The van der Waals surface area contributed by atoms with Gasteiger partial charge in [0, 0.05) is 0 Å². The lowest BCUT2D eigenvalue weighted by Crippen LogP contribution is -2.49. The standard InChI is InChI=1S/C16H26O4/c1-14(2,3)10-4-6-15-8-12(20-9-15)16(19,13(17)18)7-5-11(10)15/h10-12,19H,4-9H2,1-3H3,(H,17,18)/t10?,11-,12+,15+,16+/m0/s1. The maximum Gasteiger partial charge on any atom is 0.338 e. The van der Waals surface area contributed by atoms with E-state index in [1.165, 1.54) is 6.42 Å². The molecule has 2 aliphatic carbocycles. The molecule has 1 unspecified atom stereocenters. The number of rotatable bonds is 1. The van der Waals surface area contributed by atoms with Crippen molar-refractivity contribution in [2.75, 3.05) is 6.61 Å². The molecule has 1 aliphatic heterocycles. The molecule has 2 saturated carbocycles. The molecule has 0 amide bonds. The van der Waals surface area contributed by atoms with Crippen LogP contribution in [0.25, 0.3) is 0 Å². The van der Waals surface area contributed by atoms with Crippen molar-refractivity contribution < 1.29 is 19.7 Å². The van der Waals surface area contributed by atoms with Gasteiger partial charge in [-0.3, -0.25) is 0 Å². The van der Waals surface area contributed by atoms with E-state index in [0.717, 1.165) is 12.8 Å². The van der Waals surface area contributed by atoms with E-state index in [4.69, 9.17) is 4.74 Å². The lowest BCUT2D eigenvalue weighted by molar-refractivity contribution is -0.175. The van der Waals surface area contributed by atoms with Gasteiger partial charge in [0.2, 0.25) is 0 Å². The Kier molecular flexibility index (Phi) is 3.01. The van der Waals surface area contributed by atoms with Gasteiger partial charge >= 0.3 is 5.97 Å². The van der Waals surface area contributed by atoms with Gasteiger partial charge in [0.1, 0.15) is 0 Å². The highest BCUT2D eigenvalue weighted by Gasteiger charge is 2.62. The summed E-state index contributed by atoms with van der Waals surface area (Å²) in [6.45, 7) is 7.46. The van der Waals surface area contributed by atoms with E-state index in [-0.39, 0.29) is 10.8 Å². The molecule has 4 heteroatoms. The van der Waals surface area contributed by atoms with Crippen molar-refractivity contribution in [3.05, 3.63) is 0 Å². The summed E-state index contributed by atoms with van der Waals surface area (Å²) in [6, 6.07) is 0. The van der Waals surface area contributed by atoms with Crippen LogP contribution >= 0.6 is 0 Å². The highest BCUT2D eigenvalue weighted by molar-refractivity contribution is 5.78. The molecule has 3 rings (SSSR count). The van der Waals surface area contributed by atoms with Crippen molar-refractivity contribution >= 4 is 5.97 Å². The first kappa shape index (κ1) is 14.3. The summed E-state index contributed by atoms with van der Waals surface area (Å²) in [4.78, 5) is 11.5. The summed E-state index contributed by atoms with van der Waals surface area (Å²) < 4.78 is 5.77. The Morgan fingerprint density at radius 1 is 1.25 bits per heavy atom. The molecule has 5 atom stereocenters. The van der Waals surface area contributed by atoms with Crippen LogP contribution in [0.3, 0.4) is 0 Å². The Morgan fingerprint density at radius 2 is 1.95 bits per heavy atom. The van der Waals surface area contributed by atoms with E-state index < -0.39 is 17.7 Å². The Labute approximate surface area is 120 Å². The van der Waals surface area contributed by atoms with Gasteiger partial charge in [0.05, 0.1) is 12.7 Å². The minimum atomic E-state index is -1.68. The van der Waals surface area contributed by atoms with Crippen LogP contribution < -0.4 is 0 Å². The van der Waals surface area contributed by atoms with Crippen LogP contribution in [0.15, 0.2) is 0 Å². The highest BCUT2D eigenvalue weighted by atomic mass is 16.5. The Hall–Kier alpha value is -0.610. The van der Waals surface area contributed by atoms with Crippen molar-refractivity contribution in [2.45, 2.75) is 64.6 Å². The monoisotopic (exact) mass is 282 g/mol. The van der Waals surface area contributed by atoms with Crippen LogP contribution in [0, 0.1) is 22.7 Å². The minimum absolute atomic E-state index is 0.114. The van der Waals surface area contributed by atoms with Crippen molar-refractivity contribution in [1.29, 1.82) is 0 Å². The molecule has 0 radical (unpaired) electrons. The van der Waals surface area contributed by atoms with Crippen molar-refractivity contribution in [1.82, 2.24) is 0 Å². The second-order valence-electron chi connectivity index (χ2n) is 8.25. The highest BCUT2D eigenvalue weighted by Crippen LogP contribution is 2.62. The van der Waals surface area contributed by atoms with E-state index >= 15 is 0 Å². The van der Waals surface area contributed by atoms with Gasteiger partial charge in [0.25, 0.3) is 0 Å². The molecule has 3 fully saturated rings. The van der Waals surface area contributed by atoms with Crippen LogP contribution in [0.4, 0.5) is 0 Å². The number of carbonyl (C=O) groups is 1. The van der Waals surface area contributed by atoms with E-state index in [0.29, 0.717) is 31.3 Å². The third-order valence-electron chi connectivity index (χ3n) is 6.24. The average molecular weight is 282 g/mol. The second kappa shape index (κ2) is 4.20. The predicted molar refractivity (Wildman–Crippen MR) is 74.3 cm³/mol. The third kappa shape index (κ3) is 1.84. The lowest BCUT2D eigenvalue weighted by atomic mass is 9.67. The molecule has 2 bridgehead atoms. The first-order valence-electron chi connectivity index (χ1n) is 7.76. The largest absolute Gasteiger partial charge is 0.479 e. The molecular formula is C16H26O4. The Balaban J connectivity index is 1.94. The number of carboxylic acids is 1. The van der Waals surface area contributed by atoms with Crippen LogP contribution in [0.5, 0.6) is 0 Å². The fourth-order valence-electron chi connectivity index (χ4n) is 5.07. The van der Waals surface area contributed by atoms with E-state index in [2.05, 4.69) is 20.8 Å². The first-order chi connectivity index (χ1) is 9.19. The Morgan fingerprint density at radius 3 is 2.55 bits per heavy atom. The fourth-order valence-corrected chi connectivity index (χ4v) is 5.07. The zero-order chi connectivity index (χ0) is 14.8. The number of aliphatic carboxylic acids is 1. The molecule has 3 aliphatic rings. The van der Waals surface area contributed by atoms with Gasteiger partial charge in [-0.1, -0.05) is 20.8 Å². The van der Waals surface area contributed by atoms with Gasteiger partial charge in [-0.05, 0) is 54.8 Å². The summed E-state index contributed by atoms with van der Waals surface area (Å²) in [5, 5.41) is 19.9. The predicted octanol–water partition coefficient (Wildman–Crippen LogP) is 2.44. The van der Waals surface area contributed by atoms with Crippen LogP contribution in [0.2, 0.25) is 0 Å². The number of carboxylic acid groups (broad SMARTS) is 1. The summed E-state index contributed by atoms with van der Waals surface area (Å²) >= 11 is 0. The summed E-state index contributed by atoms with van der Waals surface area (Å²) in [5.41, 5.74) is -1.34. The molecule has 20 heavy (non-hydrogen) atoms. The average Bonchev–Trinajstić information content (AvgIpc) is 2.88. The SMILES string of the molecule is CC(C)(C)C1CC[C@]23CO[C@H](C2)[C@@](O)(C(=O)O)CC[C@@H]13. The lowest BCUT2D eigenvalue weighted by Gasteiger charge is -2.38. The van der Waals surface area contributed by atoms with Crippen LogP contribution in [-0.4, -0.2) is 34.5 Å². The fraction of sp³-hybridized carbons (Fsp3) is 0.938. The quantitative estimate of drug-likeness (QED) is 0.775. The molecule has 114 valence electrons. The zero-order valence-corrected chi connectivity index (χ0v) is 12.7. The molecule has 1 spiro atoms. The summed E-state index contributed by atoms with van der Waals surface area (Å²) in [5.74, 6) is -0.0336. The molecule has 2 N–H and O–H groups in total. The molecule has 0 aromatic heterocycles. The van der Waals surface area contributed by atoms with Crippen molar-refractivity contribution in [2.24, 2.45) is 22.7 Å². The topological polar surface area (TPSA) is 66.8 Å². The van der Waals surface area contributed by atoms with Gasteiger partial charge in [-0.15, -0.1) is 0 Å². The number of ether oxygens (including phenoxy) is 1. The second-order valence-corrected chi connectivity index (χ2v) is 8.25. The van der Waals surface area contributed by atoms with Gasteiger partial charge in [-0.2, -0.15) is 0 Å². The third-order valence-corrected chi connectivity index (χ3v) is 6.24.